The van der Waals surface area contributed by atoms with Gasteiger partial charge < -0.3 is 25.3 Å². The molecule has 5 rings (SSSR count). The highest BCUT2D eigenvalue weighted by molar-refractivity contribution is 5.83. The van der Waals surface area contributed by atoms with Crippen LogP contribution in [-0.2, 0) is 19.9 Å². The number of amides is 1. The number of nitrogens with one attached hydrogen (secondary N) is 1. The van der Waals surface area contributed by atoms with Crippen molar-refractivity contribution in [1.82, 2.24) is 5.32 Å². The predicted octanol–water partition coefficient (Wildman–Crippen LogP) is 4.77. The molecule has 0 heterocycles. The second kappa shape index (κ2) is 11.8. The lowest BCUT2D eigenvalue weighted by molar-refractivity contribution is -0.139. The van der Waals surface area contributed by atoms with Crippen LogP contribution in [0.3, 0.4) is 0 Å². The zero-order chi connectivity index (χ0) is 24.7. The van der Waals surface area contributed by atoms with Crippen LogP contribution in [0.5, 0.6) is 5.75 Å². The van der Waals surface area contributed by atoms with E-state index in [9.17, 15) is 9.18 Å². The molecular weight excluding hydrogens is 447 g/mol. The summed E-state index contributed by atoms with van der Waals surface area (Å²) in [4.78, 5) is 13.3. The van der Waals surface area contributed by atoms with Crippen LogP contribution in [0.15, 0.2) is 36.2 Å². The third-order valence-corrected chi connectivity index (χ3v) is 8.59. The van der Waals surface area contributed by atoms with Gasteiger partial charge >= 0.3 is 0 Å². The summed E-state index contributed by atoms with van der Waals surface area (Å²) in [5.74, 6) is 1.80. The molecule has 0 spiro atoms. The molecule has 1 aromatic carbocycles. The van der Waals surface area contributed by atoms with Gasteiger partial charge in [0.05, 0.1) is 25.1 Å². The highest BCUT2D eigenvalue weighted by Crippen LogP contribution is 2.50. The van der Waals surface area contributed by atoms with Gasteiger partial charge in [0.2, 0.25) is 5.91 Å². The van der Waals surface area contributed by atoms with Gasteiger partial charge in [0.15, 0.2) is 0 Å². The second-order valence-corrected chi connectivity index (χ2v) is 10.6. The van der Waals surface area contributed by atoms with Crippen LogP contribution >= 0.6 is 0 Å². The molecule has 0 aliphatic heterocycles. The minimum atomic E-state index is -0.416. The number of ether oxygens (including phenoxy) is 3. The molecule has 4 aliphatic rings. The lowest BCUT2D eigenvalue weighted by Crippen LogP contribution is -2.51. The lowest BCUT2D eigenvalue weighted by Gasteiger charge is -2.46. The number of hydrogen-bond donors (Lipinski definition) is 2. The summed E-state index contributed by atoms with van der Waals surface area (Å²) in [5, 5.41) is 3.42. The summed E-state index contributed by atoms with van der Waals surface area (Å²) in [6.45, 7) is 1.30. The average Bonchev–Trinajstić information content (AvgIpc) is 2.92. The molecule has 0 atom stereocenters. The average molecular weight is 489 g/mol. The normalized spacial score (nSPS) is 30.8. The highest BCUT2D eigenvalue weighted by atomic mass is 19.1. The number of hydrogen-bond acceptors (Lipinski definition) is 5. The number of rotatable bonds is 11. The minimum Gasteiger partial charge on any atom is -0.489 e. The van der Waals surface area contributed by atoms with Crippen LogP contribution in [0, 0.1) is 11.3 Å². The molecule has 0 unspecified atom stereocenters. The molecule has 4 saturated carbocycles. The van der Waals surface area contributed by atoms with Crippen molar-refractivity contribution in [3.63, 3.8) is 0 Å². The molecule has 35 heavy (non-hydrogen) atoms. The Morgan fingerprint density at radius 3 is 2.29 bits per heavy atom. The Labute approximate surface area is 208 Å². The maximum absolute atomic E-state index is 13.3. The first-order chi connectivity index (χ1) is 17.0. The van der Waals surface area contributed by atoms with Crippen molar-refractivity contribution in [2.75, 3.05) is 33.5 Å². The Morgan fingerprint density at radius 1 is 1.06 bits per heavy atom. The minimum absolute atomic E-state index is 0.116. The van der Waals surface area contributed by atoms with E-state index in [4.69, 9.17) is 19.9 Å². The molecule has 1 amide bonds. The van der Waals surface area contributed by atoms with E-state index in [1.165, 1.54) is 19.3 Å². The summed E-state index contributed by atoms with van der Waals surface area (Å²) >= 11 is 0. The van der Waals surface area contributed by atoms with E-state index >= 15 is 0 Å². The van der Waals surface area contributed by atoms with Gasteiger partial charge in [-0.1, -0.05) is 12.1 Å². The maximum Gasteiger partial charge on any atom is 0.226 e. The molecular formula is C28H41FN2O4. The van der Waals surface area contributed by atoms with Crippen molar-refractivity contribution in [3.05, 3.63) is 41.7 Å². The Balaban J connectivity index is 1.38. The third-order valence-electron chi connectivity index (χ3n) is 8.59. The number of fused-ring (bicyclic) bond motifs is 3. The summed E-state index contributed by atoms with van der Waals surface area (Å²) in [5.41, 5.74) is 6.48. The molecule has 4 fully saturated rings. The van der Waals surface area contributed by atoms with Crippen LogP contribution in [0.25, 0.3) is 0 Å². The van der Waals surface area contributed by atoms with Gasteiger partial charge in [0.25, 0.3) is 0 Å². The lowest BCUT2D eigenvalue weighted by atomic mass is 9.60. The Bertz CT molecular complexity index is 842. The number of nitrogens with two attached hydrogens (primary N) is 1. The second-order valence-electron chi connectivity index (χ2n) is 10.6. The predicted molar refractivity (Wildman–Crippen MR) is 134 cm³/mol. The zero-order valence-electron chi connectivity index (χ0n) is 21.0. The van der Waals surface area contributed by atoms with E-state index < -0.39 is 5.60 Å². The van der Waals surface area contributed by atoms with Crippen molar-refractivity contribution in [1.29, 1.82) is 0 Å². The summed E-state index contributed by atoms with van der Waals surface area (Å²) < 4.78 is 30.1. The first-order valence-electron chi connectivity index (χ1n) is 13.2. The molecule has 4 aliphatic carbocycles. The Morgan fingerprint density at radius 2 is 1.71 bits per heavy atom. The molecule has 0 saturated heterocycles. The first-order valence-corrected chi connectivity index (χ1v) is 13.2. The van der Waals surface area contributed by atoms with E-state index in [0.29, 0.717) is 30.9 Å². The van der Waals surface area contributed by atoms with E-state index in [0.717, 1.165) is 56.4 Å². The molecule has 3 N–H and O–H groups in total. The monoisotopic (exact) mass is 488 g/mol. The van der Waals surface area contributed by atoms with Crippen molar-refractivity contribution >= 4 is 5.91 Å². The standard InChI is InChI=1S/C28H41FN2O4/c1-33-16-17-35-28(23-2-4-25(5-3-23)34-20-22(18-29)19-30)14-9-24(10-15-28)31-26(32)27-11-6-21(7-12-27)8-13-27/h2-5,18,21,24H,6-17,19-20,30H2,1H3,(H,31,32)/b22-18+. The van der Waals surface area contributed by atoms with Gasteiger partial charge in [-0.25, -0.2) is 4.39 Å². The number of halogens is 1. The largest absolute Gasteiger partial charge is 0.489 e. The van der Waals surface area contributed by atoms with Gasteiger partial charge in [0.1, 0.15) is 12.4 Å². The SMILES string of the molecule is COCCOC1(c2ccc(OC/C(=C/F)CN)cc2)CCC(NC(=O)C23CCC(CC2)CC3)CC1. The van der Waals surface area contributed by atoms with Crippen LogP contribution in [0.1, 0.15) is 69.8 Å². The third kappa shape index (κ3) is 6.07. The van der Waals surface area contributed by atoms with Crippen LogP contribution < -0.4 is 15.8 Å². The van der Waals surface area contributed by atoms with E-state index in [-0.39, 0.29) is 30.5 Å². The number of methoxy groups -OCH3 is 1. The van der Waals surface area contributed by atoms with Gasteiger partial charge in [0, 0.05) is 30.7 Å². The zero-order valence-corrected chi connectivity index (χ0v) is 21.0. The van der Waals surface area contributed by atoms with E-state index in [1.54, 1.807) is 7.11 Å². The van der Waals surface area contributed by atoms with Gasteiger partial charge in [-0.3, -0.25) is 4.79 Å². The quantitative estimate of drug-likeness (QED) is 0.439. The molecule has 0 aromatic heterocycles. The fraction of sp³-hybridized carbons (Fsp3) is 0.679. The summed E-state index contributed by atoms with van der Waals surface area (Å²) in [7, 11) is 1.67. The molecule has 0 radical (unpaired) electrons. The van der Waals surface area contributed by atoms with Gasteiger partial charge in [-0.2, -0.15) is 0 Å². The topological polar surface area (TPSA) is 82.8 Å². The van der Waals surface area contributed by atoms with E-state index in [1.807, 2.05) is 24.3 Å². The van der Waals surface area contributed by atoms with Gasteiger partial charge in [-0.15, -0.1) is 0 Å². The highest BCUT2D eigenvalue weighted by Gasteiger charge is 2.47. The van der Waals surface area contributed by atoms with Gasteiger partial charge in [-0.05, 0) is 87.8 Å². The first kappa shape index (κ1) is 26.1. The number of carbonyl (C=O) groups is 1. The molecule has 2 bridgehead atoms. The van der Waals surface area contributed by atoms with Crippen molar-refractivity contribution < 1.29 is 23.4 Å². The summed E-state index contributed by atoms with van der Waals surface area (Å²) in [6, 6.07) is 8.05. The molecule has 1 aromatic rings. The maximum atomic E-state index is 13.3. The number of carbonyl (C=O) groups excluding carboxylic acids is 1. The van der Waals surface area contributed by atoms with Crippen LogP contribution in [0.2, 0.25) is 0 Å². The van der Waals surface area contributed by atoms with Crippen molar-refractivity contribution in [2.45, 2.75) is 75.9 Å². The Hall–Kier alpha value is -1.96. The van der Waals surface area contributed by atoms with E-state index in [2.05, 4.69) is 5.32 Å². The summed E-state index contributed by atoms with van der Waals surface area (Å²) in [6.07, 6.45) is 10.8. The smallest absolute Gasteiger partial charge is 0.226 e. The fourth-order valence-electron chi connectivity index (χ4n) is 6.16. The van der Waals surface area contributed by atoms with Crippen LogP contribution in [0.4, 0.5) is 4.39 Å². The van der Waals surface area contributed by atoms with Crippen molar-refractivity contribution in [2.24, 2.45) is 17.1 Å². The van der Waals surface area contributed by atoms with Crippen molar-refractivity contribution in [3.8, 4) is 5.75 Å². The molecule has 7 heteroatoms. The molecule has 194 valence electrons. The fourth-order valence-corrected chi connectivity index (χ4v) is 6.16. The molecule has 6 nitrogen and oxygen atoms in total. The Kier molecular flexibility index (Phi) is 8.84. The number of benzene rings is 1. The van der Waals surface area contributed by atoms with Crippen LogP contribution in [-0.4, -0.2) is 45.4 Å².